The van der Waals surface area contributed by atoms with E-state index in [0.717, 1.165) is 0 Å². The van der Waals surface area contributed by atoms with Gasteiger partial charge in [-0.2, -0.15) is 0 Å². The van der Waals surface area contributed by atoms with E-state index in [9.17, 15) is 24.9 Å². The number of carboxylic acid groups (broad SMARTS) is 1. The van der Waals surface area contributed by atoms with Crippen LogP contribution in [-0.4, -0.2) is 39.3 Å². The number of aliphatic hydroxyl groups excluding tert-OH is 1. The molecule has 0 aromatic heterocycles. The van der Waals surface area contributed by atoms with Gasteiger partial charge in [-0.25, -0.2) is 0 Å². The molecule has 1 aromatic carbocycles. The summed E-state index contributed by atoms with van der Waals surface area (Å²) in [5.41, 5.74) is -1.03. The van der Waals surface area contributed by atoms with Gasteiger partial charge in [-0.15, -0.1) is 0 Å². The summed E-state index contributed by atoms with van der Waals surface area (Å²) in [5, 5.41) is 28.4. The van der Waals surface area contributed by atoms with Crippen LogP contribution in [0.15, 0.2) is 30.4 Å². The molecule has 1 spiro atoms. The second-order valence-electron chi connectivity index (χ2n) is 5.74. The van der Waals surface area contributed by atoms with Crippen molar-refractivity contribution in [3.05, 3.63) is 35.9 Å². The number of benzene rings is 1. The number of carbonyl (C=O) groups is 2. The van der Waals surface area contributed by atoms with Crippen LogP contribution in [0, 0.1) is 11.8 Å². The topological polar surface area (TPSA) is 104 Å². The normalized spacial score (nSPS) is 29.4. The van der Waals surface area contributed by atoms with Gasteiger partial charge in [0.25, 0.3) is 0 Å². The Hall–Kier alpha value is -2.34. The van der Waals surface area contributed by atoms with Crippen molar-refractivity contribution in [2.24, 2.45) is 11.8 Å². The fraction of sp³-hybridized carbons (Fsp3) is 0.375. The number of phenols is 1. The van der Waals surface area contributed by atoms with Gasteiger partial charge in [0.15, 0.2) is 5.60 Å². The average Bonchev–Trinajstić information content (AvgIpc) is 2.99. The van der Waals surface area contributed by atoms with Crippen LogP contribution in [0.3, 0.4) is 0 Å². The van der Waals surface area contributed by atoms with Gasteiger partial charge in [-0.3, -0.25) is 9.59 Å². The van der Waals surface area contributed by atoms with Crippen LogP contribution in [0.4, 0.5) is 0 Å². The van der Waals surface area contributed by atoms with Crippen molar-refractivity contribution in [2.45, 2.75) is 18.4 Å². The Bertz CT molecular complexity index is 679. The predicted molar refractivity (Wildman–Crippen MR) is 75.9 cm³/mol. The van der Waals surface area contributed by atoms with Crippen LogP contribution < -0.4 is 4.74 Å². The van der Waals surface area contributed by atoms with Crippen molar-refractivity contribution < 1.29 is 29.6 Å². The number of Topliss-reactive ketones (excluding diaryl/α,β-unsaturated/α-hetero) is 1. The third-order valence-corrected chi connectivity index (χ3v) is 4.61. The quantitative estimate of drug-likeness (QED) is 0.729. The monoisotopic (exact) mass is 304 g/mol. The van der Waals surface area contributed by atoms with Crippen molar-refractivity contribution in [3.8, 4) is 11.5 Å². The predicted octanol–water partition coefficient (Wildman–Crippen LogP) is 1.37. The van der Waals surface area contributed by atoms with E-state index in [0.29, 0.717) is 12.0 Å². The van der Waals surface area contributed by atoms with Gasteiger partial charge >= 0.3 is 5.97 Å². The molecule has 0 amide bonds. The van der Waals surface area contributed by atoms with E-state index in [4.69, 9.17) is 4.74 Å². The number of hydrogen-bond donors (Lipinski definition) is 3. The van der Waals surface area contributed by atoms with Gasteiger partial charge in [0.1, 0.15) is 17.4 Å². The second-order valence-corrected chi connectivity index (χ2v) is 5.74. The van der Waals surface area contributed by atoms with Gasteiger partial charge in [-0.1, -0.05) is 6.58 Å². The Balaban J connectivity index is 2.14. The lowest BCUT2D eigenvalue weighted by Gasteiger charge is -2.33. The zero-order valence-corrected chi connectivity index (χ0v) is 11.8. The van der Waals surface area contributed by atoms with E-state index in [1.165, 1.54) is 18.2 Å². The maximum Gasteiger partial charge on any atom is 0.311 e. The van der Waals surface area contributed by atoms with E-state index in [1.54, 1.807) is 0 Å². The molecule has 3 unspecified atom stereocenters. The highest BCUT2D eigenvalue weighted by atomic mass is 16.5. The maximum atomic E-state index is 12.9. The highest BCUT2D eigenvalue weighted by Gasteiger charge is 2.64. The third-order valence-electron chi connectivity index (χ3n) is 4.61. The first-order valence-electron chi connectivity index (χ1n) is 7.00. The lowest BCUT2D eigenvalue weighted by molar-refractivity contribution is -0.146. The van der Waals surface area contributed by atoms with Crippen molar-refractivity contribution >= 4 is 11.8 Å². The SMILES string of the molecule is C=C(CO)C1CCC(C(=O)O)C12Oc1ccc(O)cc1C2=O. The number of aliphatic carboxylic acids is 1. The highest BCUT2D eigenvalue weighted by Crippen LogP contribution is 2.53. The molecule has 6 nitrogen and oxygen atoms in total. The smallest absolute Gasteiger partial charge is 0.311 e. The number of aromatic hydroxyl groups is 1. The molecule has 1 aliphatic carbocycles. The highest BCUT2D eigenvalue weighted by molar-refractivity contribution is 6.10. The molecule has 116 valence electrons. The third kappa shape index (κ3) is 1.77. The molecule has 3 atom stereocenters. The number of phenolic OH excluding ortho intramolecular Hbond substituents is 1. The number of ether oxygens (including phenoxy) is 1. The average molecular weight is 304 g/mol. The van der Waals surface area contributed by atoms with Crippen LogP contribution in [0.1, 0.15) is 23.2 Å². The molecule has 1 saturated carbocycles. The fourth-order valence-corrected chi connectivity index (χ4v) is 3.61. The molecule has 3 N–H and O–H groups in total. The van der Waals surface area contributed by atoms with Crippen molar-refractivity contribution in [1.29, 1.82) is 0 Å². The Labute approximate surface area is 126 Å². The number of rotatable bonds is 3. The van der Waals surface area contributed by atoms with Gasteiger partial charge in [-0.05, 0) is 36.6 Å². The molecular weight excluding hydrogens is 288 g/mol. The molecule has 6 heteroatoms. The Kier molecular flexibility index (Phi) is 3.21. The standard InChI is InChI=1S/C16H16O6/c1-8(7-17)11-3-4-12(15(20)21)16(11)14(19)10-6-9(18)2-5-13(10)22-16/h2,5-6,11-12,17-18H,1,3-4,7H2,(H,20,21). The molecule has 1 aromatic rings. The summed E-state index contributed by atoms with van der Waals surface area (Å²) < 4.78 is 5.82. The summed E-state index contributed by atoms with van der Waals surface area (Å²) in [4.78, 5) is 24.5. The van der Waals surface area contributed by atoms with E-state index in [1.807, 2.05) is 0 Å². The summed E-state index contributed by atoms with van der Waals surface area (Å²) in [6.07, 6.45) is 0.673. The first-order valence-corrected chi connectivity index (χ1v) is 7.00. The van der Waals surface area contributed by atoms with Crippen molar-refractivity contribution in [3.63, 3.8) is 0 Å². The second kappa shape index (κ2) is 4.84. The molecule has 1 fully saturated rings. The Morgan fingerprint density at radius 2 is 2.05 bits per heavy atom. The zero-order valence-electron chi connectivity index (χ0n) is 11.8. The van der Waals surface area contributed by atoms with Gasteiger partial charge < -0.3 is 20.1 Å². The number of carboxylic acids is 1. The first kappa shape index (κ1) is 14.6. The molecule has 22 heavy (non-hydrogen) atoms. The van der Waals surface area contributed by atoms with Crippen LogP contribution >= 0.6 is 0 Å². The molecule has 0 bridgehead atoms. The molecule has 2 aliphatic rings. The van der Waals surface area contributed by atoms with Crippen LogP contribution in [0.2, 0.25) is 0 Å². The van der Waals surface area contributed by atoms with Crippen LogP contribution in [0.5, 0.6) is 11.5 Å². The molecule has 1 aliphatic heterocycles. The maximum absolute atomic E-state index is 12.9. The minimum Gasteiger partial charge on any atom is -0.508 e. The van der Waals surface area contributed by atoms with Gasteiger partial charge in [0.2, 0.25) is 5.78 Å². The van der Waals surface area contributed by atoms with E-state index >= 15 is 0 Å². The van der Waals surface area contributed by atoms with E-state index in [-0.39, 0.29) is 30.1 Å². The summed E-state index contributed by atoms with van der Waals surface area (Å²) in [6, 6.07) is 4.11. The van der Waals surface area contributed by atoms with Gasteiger partial charge in [0, 0.05) is 5.92 Å². The fourth-order valence-electron chi connectivity index (χ4n) is 3.61. The summed E-state index contributed by atoms with van der Waals surface area (Å²) in [5.74, 6) is -2.99. The van der Waals surface area contributed by atoms with Crippen molar-refractivity contribution in [1.82, 2.24) is 0 Å². The number of carbonyl (C=O) groups excluding carboxylic acids is 1. The number of ketones is 1. The number of fused-ring (bicyclic) bond motifs is 1. The van der Waals surface area contributed by atoms with Crippen LogP contribution in [-0.2, 0) is 4.79 Å². The van der Waals surface area contributed by atoms with E-state index in [2.05, 4.69) is 6.58 Å². The minimum absolute atomic E-state index is 0.0878. The molecule has 3 rings (SSSR count). The Morgan fingerprint density at radius 3 is 2.68 bits per heavy atom. The van der Waals surface area contributed by atoms with Crippen LogP contribution in [0.25, 0.3) is 0 Å². The molecular formula is C16H16O6. The minimum atomic E-state index is -1.58. The van der Waals surface area contributed by atoms with Crippen molar-refractivity contribution in [2.75, 3.05) is 6.61 Å². The number of aliphatic hydroxyl groups is 1. The summed E-state index contributed by atoms with van der Waals surface area (Å²) in [6.45, 7) is 3.42. The van der Waals surface area contributed by atoms with Gasteiger partial charge in [0.05, 0.1) is 12.2 Å². The number of hydrogen-bond acceptors (Lipinski definition) is 5. The molecule has 1 heterocycles. The molecule has 0 saturated heterocycles. The summed E-state index contributed by atoms with van der Waals surface area (Å²) >= 11 is 0. The zero-order chi connectivity index (χ0) is 16.1. The lowest BCUT2D eigenvalue weighted by atomic mass is 9.76. The van der Waals surface area contributed by atoms with E-state index < -0.39 is 29.2 Å². The largest absolute Gasteiger partial charge is 0.508 e. The first-order chi connectivity index (χ1) is 10.4. The molecule has 0 radical (unpaired) electrons. The lowest BCUT2D eigenvalue weighted by Crippen LogP contribution is -2.52. The summed E-state index contributed by atoms with van der Waals surface area (Å²) in [7, 11) is 0. The Morgan fingerprint density at radius 1 is 1.36 bits per heavy atom.